The summed E-state index contributed by atoms with van der Waals surface area (Å²) in [5, 5.41) is 3.20. The number of hydrogen-bond donors (Lipinski definition) is 1. The zero-order valence-corrected chi connectivity index (χ0v) is 18.3. The highest BCUT2D eigenvalue weighted by atomic mass is 16.5. The number of carbonyl (C=O) groups excluding carboxylic acids is 2. The van der Waals surface area contributed by atoms with Crippen LogP contribution >= 0.6 is 0 Å². The van der Waals surface area contributed by atoms with Gasteiger partial charge >= 0.3 is 17.3 Å². The van der Waals surface area contributed by atoms with Gasteiger partial charge in [-0.2, -0.15) is 0 Å². The van der Waals surface area contributed by atoms with E-state index in [9.17, 15) is 19.2 Å². The van der Waals surface area contributed by atoms with E-state index in [2.05, 4.69) is 5.32 Å². The van der Waals surface area contributed by atoms with E-state index in [-0.39, 0.29) is 30.3 Å². The maximum Gasteiger partial charge on any atom is 0.336 e. The normalized spacial score (nSPS) is 11.1. The van der Waals surface area contributed by atoms with E-state index in [0.29, 0.717) is 28.7 Å². The summed E-state index contributed by atoms with van der Waals surface area (Å²) in [5.41, 5.74) is 1.75. The van der Waals surface area contributed by atoms with Gasteiger partial charge in [-0.15, -0.1) is 0 Å². The fourth-order valence-electron chi connectivity index (χ4n) is 3.83. The average molecular weight is 449 g/mol. The fraction of sp³-hybridized carbons (Fsp3) is 0.250. The molecule has 0 bridgehead atoms. The van der Waals surface area contributed by atoms with E-state index >= 15 is 0 Å². The van der Waals surface area contributed by atoms with Gasteiger partial charge in [0.15, 0.2) is 0 Å². The number of nitrogens with zero attached hydrogens (tertiary/aromatic N) is 2. The van der Waals surface area contributed by atoms with Crippen molar-refractivity contribution in [1.82, 2.24) is 9.13 Å². The number of aryl methyl sites for hydroxylation is 1. The number of rotatable bonds is 7. The van der Waals surface area contributed by atoms with Crippen LogP contribution in [0.5, 0.6) is 0 Å². The fourth-order valence-corrected chi connectivity index (χ4v) is 3.83. The number of nitrogens with one attached hydrogen (secondary N) is 1. The molecule has 2 aromatic carbocycles. The third-order valence-electron chi connectivity index (χ3n) is 5.20. The Morgan fingerprint density at radius 1 is 1.03 bits per heavy atom. The lowest BCUT2D eigenvalue weighted by molar-refractivity contribution is -0.145. The van der Waals surface area contributed by atoms with Gasteiger partial charge in [-0.05, 0) is 30.7 Å². The minimum absolute atomic E-state index is 0.164. The molecular formula is C24H23N3O6. The predicted octanol–water partition coefficient (Wildman–Crippen LogP) is 3.02. The van der Waals surface area contributed by atoms with Crippen LogP contribution in [0.4, 0.5) is 5.69 Å². The van der Waals surface area contributed by atoms with Crippen LogP contribution in [0.3, 0.4) is 0 Å². The topological polar surface area (TPSA) is 113 Å². The summed E-state index contributed by atoms with van der Waals surface area (Å²) < 4.78 is 13.7. The molecule has 0 aliphatic rings. The van der Waals surface area contributed by atoms with Crippen molar-refractivity contribution in [3.63, 3.8) is 0 Å². The lowest BCUT2D eigenvalue weighted by Crippen LogP contribution is -2.27. The molecule has 0 saturated heterocycles. The summed E-state index contributed by atoms with van der Waals surface area (Å²) in [4.78, 5) is 48.7. The van der Waals surface area contributed by atoms with E-state index in [4.69, 9.17) is 9.15 Å². The monoisotopic (exact) mass is 449 g/mol. The van der Waals surface area contributed by atoms with Gasteiger partial charge in [0, 0.05) is 42.2 Å². The van der Waals surface area contributed by atoms with Gasteiger partial charge in [-0.1, -0.05) is 19.1 Å². The molecule has 2 aromatic heterocycles. The molecule has 0 atom stereocenters. The molecule has 4 rings (SSSR count). The maximum atomic E-state index is 12.9. The molecule has 170 valence electrons. The Bertz CT molecular complexity index is 1480. The number of benzene rings is 2. The molecule has 2 heterocycles. The van der Waals surface area contributed by atoms with E-state index in [0.717, 1.165) is 11.9 Å². The first-order valence-electron chi connectivity index (χ1n) is 10.6. The number of aromatic nitrogens is 2. The Labute approximate surface area is 188 Å². The summed E-state index contributed by atoms with van der Waals surface area (Å²) >= 11 is 0. The van der Waals surface area contributed by atoms with Gasteiger partial charge in [0.1, 0.15) is 18.7 Å². The molecule has 1 N–H and O–H groups in total. The predicted molar refractivity (Wildman–Crippen MR) is 123 cm³/mol. The summed E-state index contributed by atoms with van der Waals surface area (Å²) in [6, 6.07) is 13.4. The molecule has 0 spiro atoms. The SMILES string of the molecule is CCCn1c(=O)n(CC(=O)OCc2cc(=O)oc3cc(NC(C)=O)ccc23)c2ccccc21. The van der Waals surface area contributed by atoms with E-state index < -0.39 is 11.6 Å². The highest BCUT2D eigenvalue weighted by Crippen LogP contribution is 2.22. The minimum atomic E-state index is -0.604. The van der Waals surface area contributed by atoms with E-state index in [1.54, 1.807) is 22.8 Å². The Morgan fingerprint density at radius 2 is 1.76 bits per heavy atom. The highest BCUT2D eigenvalue weighted by molar-refractivity contribution is 5.92. The van der Waals surface area contributed by atoms with Crippen LogP contribution in [0.1, 0.15) is 25.8 Å². The molecule has 9 nitrogen and oxygen atoms in total. The number of para-hydroxylation sites is 2. The van der Waals surface area contributed by atoms with Crippen molar-refractivity contribution in [2.75, 3.05) is 5.32 Å². The van der Waals surface area contributed by atoms with Crippen molar-refractivity contribution in [1.29, 1.82) is 0 Å². The standard InChI is InChI=1S/C24H23N3O6/c1-3-10-26-19-6-4-5-7-20(19)27(24(26)31)13-23(30)32-14-16-11-22(29)33-21-12-17(25-15(2)28)8-9-18(16)21/h4-9,11-12H,3,10,13-14H2,1-2H3,(H,25,28). The van der Waals surface area contributed by atoms with Gasteiger partial charge in [0.2, 0.25) is 5.91 Å². The second-order valence-corrected chi connectivity index (χ2v) is 7.65. The quantitative estimate of drug-likeness (QED) is 0.343. The first kappa shape index (κ1) is 22.1. The Kier molecular flexibility index (Phi) is 6.12. The third kappa shape index (κ3) is 4.57. The Balaban J connectivity index is 1.56. The molecule has 0 fully saturated rings. The molecule has 4 aromatic rings. The van der Waals surface area contributed by atoms with Crippen molar-refractivity contribution < 1.29 is 18.7 Å². The lowest BCUT2D eigenvalue weighted by atomic mass is 10.1. The molecule has 0 saturated carbocycles. The van der Waals surface area contributed by atoms with Gasteiger partial charge < -0.3 is 14.5 Å². The number of ether oxygens (including phenoxy) is 1. The molecule has 0 radical (unpaired) electrons. The van der Waals surface area contributed by atoms with Crippen LogP contribution in [0.2, 0.25) is 0 Å². The number of carbonyl (C=O) groups is 2. The van der Waals surface area contributed by atoms with Crippen LogP contribution in [0.15, 0.2) is 62.5 Å². The molecule has 0 aliphatic carbocycles. The van der Waals surface area contributed by atoms with Crippen LogP contribution in [0.25, 0.3) is 22.0 Å². The minimum Gasteiger partial charge on any atom is -0.459 e. The van der Waals surface area contributed by atoms with E-state index in [1.165, 1.54) is 23.6 Å². The highest BCUT2D eigenvalue weighted by Gasteiger charge is 2.16. The Hall–Kier alpha value is -4.14. The van der Waals surface area contributed by atoms with Crippen molar-refractivity contribution in [3.8, 4) is 0 Å². The zero-order valence-electron chi connectivity index (χ0n) is 18.3. The van der Waals surface area contributed by atoms with Crippen LogP contribution in [-0.4, -0.2) is 21.0 Å². The molecule has 1 amide bonds. The van der Waals surface area contributed by atoms with Crippen LogP contribution < -0.4 is 16.6 Å². The second-order valence-electron chi connectivity index (χ2n) is 7.65. The van der Waals surface area contributed by atoms with Crippen LogP contribution in [-0.2, 0) is 34.0 Å². The number of esters is 1. The molecule has 9 heteroatoms. The summed E-state index contributed by atoms with van der Waals surface area (Å²) in [7, 11) is 0. The largest absolute Gasteiger partial charge is 0.459 e. The maximum absolute atomic E-state index is 12.9. The lowest BCUT2D eigenvalue weighted by Gasteiger charge is -2.09. The van der Waals surface area contributed by atoms with Crippen molar-refractivity contribution in [2.24, 2.45) is 0 Å². The van der Waals surface area contributed by atoms with Crippen molar-refractivity contribution >= 4 is 39.6 Å². The molecular weight excluding hydrogens is 426 g/mol. The zero-order chi connectivity index (χ0) is 23.5. The van der Waals surface area contributed by atoms with Gasteiger partial charge in [0.05, 0.1) is 11.0 Å². The van der Waals surface area contributed by atoms with Crippen molar-refractivity contribution in [2.45, 2.75) is 40.0 Å². The summed E-state index contributed by atoms with van der Waals surface area (Å²) in [6.07, 6.45) is 0.783. The number of anilines is 1. The van der Waals surface area contributed by atoms with Gasteiger partial charge in [-0.3, -0.25) is 18.7 Å². The molecule has 0 aliphatic heterocycles. The van der Waals surface area contributed by atoms with E-state index in [1.807, 2.05) is 25.1 Å². The summed E-state index contributed by atoms with van der Waals surface area (Å²) in [5.74, 6) is -0.856. The Morgan fingerprint density at radius 3 is 2.45 bits per heavy atom. The smallest absolute Gasteiger partial charge is 0.336 e. The average Bonchev–Trinajstić information content (AvgIpc) is 3.03. The van der Waals surface area contributed by atoms with Crippen molar-refractivity contribution in [3.05, 3.63) is 75.0 Å². The third-order valence-corrected chi connectivity index (χ3v) is 5.20. The first-order valence-corrected chi connectivity index (χ1v) is 10.6. The van der Waals surface area contributed by atoms with Gasteiger partial charge in [-0.25, -0.2) is 9.59 Å². The molecule has 0 unspecified atom stereocenters. The molecule has 33 heavy (non-hydrogen) atoms. The second kappa shape index (κ2) is 9.15. The van der Waals surface area contributed by atoms with Crippen LogP contribution in [0, 0.1) is 0 Å². The first-order chi connectivity index (χ1) is 15.9. The number of imidazole rings is 1. The number of fused-ring (bicyclic) bond motifs is 2. The van der Waals surface area contributed by atoms with Gasteiger partial charge in [0.25, 0.3) is 0 Å². The number of amides is 1. The number of hydrogen-bond acceptors (Lipinski definition) is 6. The summed E-state index contributed by atoms with van der Waals surface area (Å²) in [6.45, 7) is 3.49.